The van der Waals surface area contributed by atoms with Crippen molar-refractivity contribution < 1.29 is 9.59 Å². The SMILES string of the molecule is CC(=O)CC/C=C(\C)CC/C=C(/C)CCC=C(C)C.CC(=O)CC/C=C(\C)CC/C=C(\C)CCC=C(C)C. The lowest BCUT2D eigenvalue weighted by Gasteiger charge is -2.01. The van der Waals surface area contributed by atoms with E-state index in [2.05, 4.69) is 91.8 Å². The maximum atomic E-state index is 10.8. The largest absolute Gasteiger partial charge is 0.300 e. The Labute approximate surface area is 237 Å². The molecule has 0 atom stereocenters. The molecule has 0 spiro atoms. The van der Waals surface area contributed by atoms with Crippen LogP contribution in [0.5, 0.6) is 0 Å². The van der Waals surface area contributed by atoms with Gasteiger partial charge in [-0.3, -0.25) is 0 Å². The molecule has 216 valence electrons. The summed E-state index contributed by atoms with van der Waals surface area (Å²) in [5.41, 5.74) is 8.56. The molecule has 2 nitrogen and oxygen atoms in total. The maximum absolute atomic E-state index is 10.8. The molecule has 0 aromatic heterocycles. The second kappa shape index (κ2) is 25.1. The monoisotopic (exact) mass is 524 g/mol. The number of ketones is 2. The Kier molecular flexibility index (Phi) is 25.0. The van der Waals surface area contributed by atoms with E-state index in [0.717, 1.165) is 64.2 Å². The average molecular weight is 525 g/mol. The van der Waals surface area contributed by atoms with Crippen LogP contribution in [0.3, 0.4) is 0 Å². The zero-order valence-corrected chi connectivity index (χ0v) is 26.8. The smallest absolute Gasteiger partial charge is 0.130 e. The molecule has 0 aliphatic rings. The molecule has 0 N–H and O–H groups in total. The average Bonchev–Trinajstić information content (AvgIpc) is 2.78. The van der Waals surface area contributed by atoms with E-state index in [1.807, 2.05) is 0 Å². The summed E-state index contributed by atoms with van der Waals surface area (Å²) in [6, 6.07) is 0. The van der Waals surface area contributed by atoms with Gasteiger partial charge in [0, 0.05) is 12.8 Å². The van der Waals surface area contributed by atoms with E-state index in [9.17, 15) is 9.59 Å². The van der Waals surface area contributed by atoms with Crippen LogP contribution in [0.15, 0.2) is 69.9 Å². The number of allylic oxidation sites excluding steroid dienone is 12. The number of hydrogen-bond donors (Lipinski definition) is 0. The summed E-state index contributed by atoms with van der Waals surface area (Å²) in [7, 11) is 0. The number of carbonyl (C=O) groups is 2. The highest BCUT2D eigenvalue weighted by Gasteiger charge is 1.95. The third-order valence-corrected chi connectivity index (χ3v) is 6.22. The van der Waals surface area contributed by atoms with Crippen LogP contribution in [0.2, 0.25) is 0 Å². The molecule has 0 fully saturated rings. The number of rotatable bonds is 18. The van der Waals surface area contributed by atoms with E-state index < -0.39 is 0 Å². The summed E-state index contributed by atoms with van der Waals surface area (Å²) in [5.74, 6) is 0.554. The van der Waals surface area contributed by atoms with Gasteiger partial charge in [0.25, 0.3) is 0 Å². The van der Waals surface area contributed by atoms with E-state index in [1.165, 1.54) is 33.4 Å². The van der Waals surface area contributed by atoms with Crippen LogP contribution >= 0.6 is 0 Å². The highest BCUT2D eigenvalue weighted by Crippen LogP contribution is 2.13. The number of Topliss-reactive ketones (excluding diaryl/α,β-unsaturated/α-hetero) is 2. The second-order valence-corrected chi connectivity index (χ2v) is 11.4. The van der Waals surface area contributed by atoms with Gasteiger partial charge in [-0.1, -0.05) is 69.9 Å². The van der Waals surface area contributed by atoms with E-state index in [4.69, 9.17) is 0 Å². The van der Waals surface area contributed by atoms with Gasteiger partial charge in [-0.05, 0) is 133 Å². The van der Waals surface area contributed by atoms with Crippen LogP contribution in [0, 0.1) is 0 Å². The third kappa shape index (κ3) is 31.8. The molecule has 0 aromatic rings. The minimum atomic E-state index is 0.277. The first-order valence-corrected chi connectivity index (χ1v) is 14.7. The lowest BCUT2D eigenvalue weighted by Crippen LogP contribution is -1.87. The van der Waals surface area contributed by atoms with Crippen LogP contribution in [0.4, 0.5) is 0 Å². The molecular weight excluding hydrogens is 464 g/mol. The van der Waals surface area contributed by atoms with Crippen molar-refractivity contribution in [3.8, 4) is 0 Å². The molecule has 0 rings (SSSR count). The van der Waals surface area contributed by atoms with Crippen LogP contribution < -0.4 is 0 Å². The lowest BCUT2D eigenvalue weighted by molar-refractivity contribution is -0.117. The van der Waals surface area contributed by atoms with Gasteiger partial charge in [-0.2, -0.15) is 0 Å². The van der Waals surface area contributed by atoms with Crippen LogP contribution in [-0.4, -0.2) is 11.6 Å². The predicted molar refractivity (Wildman–Crippen MR) is 171 cm³/mol. The Morgan fingerprint density at radius 1 is 0.342 bits per heavy atom. The van der Waals surface area contributed by atoms with Crippen molar-refractivity contribution in [3.63, 3.8) is 0 Å². The van der Waals surface area contributed by atoms with Crippen molar-refractivity contribution >= 4 is 11.6 Å². The fourth-order valence-electron chi connectivity index (χ4n) is 3.72. The van der Waals surface area contributed by atoms with Gasteiger partial charge in [-0.25, -0.2) is 0 Å². The first kappa shape index (κ1) is 37.9. The minimum Gasteiger partial charge on any atom is -0.300 e. The van der Waals surface area contributed by atoms with Gasteiger partial charge in [0.05, 0.1) is 0 Å². The zero-order chi connectivity index (χ0) is 29.3. The third-order valence-electron chi connectivity index (χ3n) is 6.22. The van der Waals surface area contributed by atoms with E-state index in [-0.39, 0.29) is 11.6 Å². The molecule has 0 saturated heterocycles. The van der Waals surface area contributed by atoms with E-state index in [1.54, 1.807) is 13.8 Å². The molecule has 0 unspecified atom stereocenters. The summed E-state index contributed by atoms with van der Waals surface area (Å²) >= 11 is 0. The summed E-state index contributed by atoms with van der Waals surface area (Å²) in [6.07, 6.45) is 25.9. The van der Waals surface area contributed by atoms with E-state index >= 15 is 0 Å². The molecule has 0 aliphatic carbocycles. The highest BCUT2D eigenvalue weighted by atomic mass is 16.1. The van der Waals surface area contributed by atoms with Crippen molar-refractivity contribution in [1.29, 1.82) is 0 Å². The van der Waals surface area contributed by atoms with Gasteiger partial charge >= 0.3 is 0 Å². The molecular formula is C36H60O2. The van der Waals surface area contributed by atoms with Crippen molar-refractivity contribution in [1.82, 2.24) is 0 Å². The molecule has 0 amide bonds. The van der Waals surface area contributed by atoms with Gasteiger partial charge in [-0.15, -0.1) is 0 Å². The molecule has 0 heterocycles. The van der Waals surface area contributed by atoms with Crippen LogP contribution in [0.1, 0.15) is 146 Å². The zero-order valence-electron chi connectivity index (χ0n) is 26.8. The van der Waals surface area contributed by atoms with Gasteiger partial charge in [0.15, 0.2) is 0 Å². The highest BCUT2D eigenvalue weighted by molar-refractivity contribution is 5.75. The minimum absolute atomic E-state index is 0.277. The van der Waals surface area contributed by atoms with Gasteiger partial charge in [0.1, 0.15) is 11.6 Å². The molecule has 0 radical (unpaired) electrons. The Morgan fingerprint density at radius 2 is 0.553 bits per heavy atom. The molecule has 0 aliphatic heterocycles. The lowest BCUT2D eigenvalue weighted by atomic mass is 10.1. The summed E-state index contributed by atoms with van der Waals surface area (Å²) < 4.78 is 0. The fourth-order valence-corrected chi connectivity index (χ4v) is 3.72. The maximum Gasteiger partial charge on any atom is 0.130 e. The predicted octanol–water partition coefficient (Wildman–Crippen LogP) is 11.5. The molecule has 38 heavy (non-hydrogen) atoms. The topological polar surface area (TPSA) is 34.1 Å². The van der Waals surface area contributed by atoms with Gasteiger partial charge in [0.2, 0.25) is 0 Å². The van der Waals surface area contributed by atoms with Gasteiger partial charge < -0.3 is 9.59 Å². The fraction of sp³-hybridized carbons (Fsp3) is 0.611. The van der Waals surface area contributed by atoms with Crippen molar-refractivity contribution in [2.24, 2.45) is 0 Å². The summed E-state index contributed by atoms with van der Waals surface area (Å²) in [6.45, 7) is 20.6. The molecule has 2 heteroatoms. The normalized spacial score (nSPS) is 12.5. The Morgan fingerprint density at radius 3 is 0.763 bits per heavy atom. The first-order chi connectivity index (χ1) is 17.8. The van der Waals surface area contributed by atoms with Crippen LogP contribution in [0.25, 0.3) is 0 Å². The Hall–Kier alpha value is -2.22. The van der Waals surface area contributed by atoms with Crippen molar-refractivity contribution in [3.05, 3.63) is 69.9 Å². The number of hydrogen-bond acceptors (Lipinski definition) is 2. The molecule has 0 bridgehead atoms. The second-order valence-electron chi connectivity index (χ2n) is 11.4. The first-order valence-electron chi connectivity index (χ1n) is 14.7. The molecule has 0 aromatic carbocycles. The van der Waals surface area contributed by atoms with Crippen molar-refractivity contribution in [2.75, 3.05) is 0 Å². The Balaban J connectivity index is 0. The van der Waals surface area contributed by atoms with Crippen LogP contribution in [-0.2, 0) is 9.59 Å². The molecule has 0 saturated carbocycles. The standard InChI is InChI=1S/2C18H30O/c2*1-15(2)9-6-10-16(3)11-7-12-17(4)13-8-14-18(5)19/h2*9,11,13H,6-8,10,12,14H2,1-5H3/b16-11+,17-13+;16-11-,17-13+. The van der Waals surface area contributed by atoms with Crippen molar-refractivity contribution in [2.45, 2.75) is 146 Å². The quantitative estimate of drug-likeness (QED) is 0.167. The van der Waals surface area contributed by atoms with E-state index in [0.29, 0.717) is 12.8 Å². The Bertz CT molecular complexity index is 776. The summed E-state index contributed by atoms with van der Waals surface area (Å²) in [4.78, 5) is 21.7. The number of carbonyl (C=O) groups excluding carboxylic acids is 2. The summed E-state index contributed by atoms with van der Waals surface area (Å²) in [5, 5.41) is 0.